The van der Waals surface area contributed by atoms with Crippen LogP contribution >= 0.6 is 0 Å². The number of hydrogen-bond donors (Lipinski definition) is 2. The van der Waals surface area contributed by atoms with E-state index in [-0.39, 0.29) is 23.9 Å². The van der Waals surface area contributed by atoms with Gasteiger partial charge < -0.3 is 14.4 Å². The summed E-state index contributed by atoms with van der Waals surface area (Å²) in [7, 11) is 0. The van der Waals surface area contributed by atoms with E-state index >= 15 is 0 Å². The normalized spacial score (nSPS) is 11.5. The van der Waals surface area contributed by atoms with Crippen molar-refractivity contribution in [3.8, 4) is 0 Å². The molecule has 0 spiro atoms. The smallest absolute Gasteiger partial charge is 0.306 e. The molecule has 0 saturated carbocycles. The van der Waals surface area contributed by atoms with Crippen molar-refractivity contribution in [1.82, 2.24) is 10.4 Å². The topological polar surface area (TPSA) is 114 Å². The number of carbonyl (C=O) groups excluding carboxylic acids is 3. The van der Waals surface area contributed by atoms with Crippen LogP contribution in [0.2, 0.25) is 0 Å². The van der Waals surface area contributed by atoms with Crippen LogP contribution in [0, 0.1) is 0 Å². The van der Waals surface area contributed by atoms with Gasteiger partial charge in [0.15, 0.2) is 0 Å². The molecule has 9 nitrogen and oxygen atoms in total. The highest BCUT2D eigenvalue weighted by Crippen LogP contribution is 2.19. The first-order valence-corrected chi connectivity index (χ1v) is 23.6. The van der Waals surface area contributed by atoms with Crippen molar-refractivity contribution in [2.75, 3.05) is 26.2 Å². The van der Waals surface area contributed by atoms with Crippen molar-refractivity contribution >= 4 is 17.8 Å². The first-order chi connectivity index (χ1) is 27.0. The Morgan fingerprint density at radius 1 is 0.473 bits per heavy atom. The summed E-state index contributed by atoms with van der Waals surface area (Å²) in [5, 5.41) is 8.47. The molecule has 0 aliphatic carbocycles. The summed E-state index contributed by atoms with van der Waals surface area (Å²) in [4.78, 5) is 42.8. The standard InChI is InChI=1S/C46H90N2O7/c1-4-7-10-13-16-25-32-42-53-45(50)37-28-21-17-23-30-39-48(41-33-36-44(49)47-55-52)40-31-24-18-22-29-38-46(51)54-43(34-26-19-14-11-8-5-2)35-27-20-15-12-9-6-3/h43,52H,4-42H2,1-3H3,(H,47,49). The molecule has 0 aromatic carbocycles. The quantitative estimate of drug-likeness (QED) is 0.0272. The Balaban J connectivity index is 4.30. The van der Waals surface area contributed by atoms with E-state index in [9.17, 15) is 14.4 Å². The van der Waals surface area contributed by atoms with Crippen LogP contribution in [0.25, 0.3) is 0 Å². The second kappa shape index (κ2) is 43.4. The molecule has 326 valence electrons. The molecular weight excluding hydrogens is 693 g/mol. The highest BCUT2D eigenvalue weighted by Gasteiger charge is 2.14. The molecule has 0 fully saturated rings. The molecule has 9 heteroatoms. The Kier molecular flexibility index (Phi) is 42.1. The van der Waals surface area contributed by atoms with Crippen molar-refractivity contribution < 1.29 is 34.1 Å². The zero-order valence-corrected chi connectivity index (χ0v) is 36.5. The SMILES string of the molecule is CCCCCCCCCOC(=O)CCCCCCCN(CCCCCCCC(=O)OC(CCCCCCCC)CCCCCCCC)CCCC(=O)NOO. The van der Waals surface area contributed by atoms with E-state index in [0.29, 0.717) is 32.3 Å². The molecule has 0 aromatic rings. The fourth-order valence-corrected chi connectivity index (χ4v) is 7.30. The van der Waals surface area contributed by atoms with Crippen molar-refractivity contribution in [2.45, 2.75) is 252 Å². The first kappa shape index (κ1) is 53.3. The molecule has 1 amide bonds. The maximum atomic E-state index is 12.8. The number of nitrogens with zero attached hydrogens (tertiary/aromatic N) is 1. The van der Waals surface area contributed by atoms with E-state index in [1.807, 2.05) is 5.48 Å². The van der Waals surface area contributed by atoms with Crippen LogP contribution in [-0.4, -0.2) is 60.3 Å². The number of amides is 1. The number of carbonyl (C=O) groups is 3. The van der Waals surface area contributed by atoms with Gasteiger partial charge in [0.1, 0.15) is 6.10 Å². The van der Waals surface area contributed by atoms with Crippen molar-refractivity contribution in [2.24, 2.45) is 0 Å². The van der Waals surface area contributed by atoms with Crippen LogP contribution in [0.5, 0.6) is 0 Å². The summed E-state index contributed by atoms with van der Waals surface area (Å²) in [5.41, 5.74) is 1.98. The molecule has 0 bridgehead atoms. The Morgan fingerprint density at radius 2 is 0.873 bits per heavy atom. The number of hydrogen-bond acceptors (Lipinski definition) is 8. The van der Waals surface area contributed by atoms with Crippen LogP contribution in [0.3, 0.4) is 0 Å². The summed E-state index contributed by atoms with van der Waals surface area (Å²) in [5.74, 6) is -0.389. The lowest BCUT2D eigenvalue weighted by Crippen LogP contribution is -2.29. The summed E-state index contributed by atoms with van der Waals surface area (Å²) in [6, 6.07) is 0. The van der Waals surface area contributed by atoms with Gasteiger partial charge in [0.2, 0.25) is 5.91 Å². The Bertz CT molecular complexity index is 827. The predicted octanol–water partition coefficient (Wildman–Crippen LogP) is 13.0. The summed E-state index contributed by atoms with van der Waals surface area (Å²) in [6.07, 6.45) is 38.4. The van der Waals surface area contributed by atoms with E-state index in [2.05, 4.69) is 30.7 Å². The summed E-state index contributed by atoms with van der Waals surface area (Å²) >= 11 is 0. The monoisotopic (exact) mass is 783 g/mol. The molecule has 0 aliphatic heterocycles. The minimum absolute atomic E-state index is 0.0116. The van der Waals surface area contributed by atoms with Crippen LogP contribution in [0.15, 0.2) is 0 Å². The van der Waals surface area contributed by atoms with Crippen LogP contribution in [0.4, 0.5) is 0 Å². The minimum atomic E-state index is -0.321. The number of hydroxylamine groups is 1. The molecule has 0 radical (unpaired) electrons. The molecular formula is C46H90N2O7. The van der Waals surface area contributed by atoms with Crippen LogP contribution < -0.4 is 5.48 Å². The summed E-state index contributed by atoms with van der Waals surface area (Å²) in [6.45, 7) is 10.1. The van der Waals surface area contributed by atoms with E-state index in [1.165, 1.54) is 96.3 Å². The third kappa shape index (κ3) is 40.3. The van der Waals surface area contributed by atoms with E-state index in [0.717, 1.165) is 122 Å². The molecule has 0 aromatic heterocycles. The van der Waals surface area contributed by atoms with E-state index < -0.39 is 0 Å². The van der Waals surface area contributed by atoms with Gasteiger partial charge in [-0.15, -0.1) is 4.99 Å². The van der Waals surface area contributed by atoms with Gasteiger partial charge in [-0.25, -0.2) is 10.7 Å². The van der Waals surface area contributed by atoms with Gasteiger partial charge in [0.25, 0.3) is 0 Å². The Labute approximate surface area is 339 Å². The highest BCUT2D eigenvalue weighted by atomic mass is 17.2. The largest absolute Gasteiger partial charge is 0.466 e. The lowest BCUT2D eigenvalue weighted by Gasteiger charge is -2.22. The van der Waals surface area contributed by atoms with E-state index in [1.54, 1.807) is 0 Å². The molecule has 0 saturated heterocycles. The average molecular weight is 783 g/mol. The molecule has 0 aliphatic rings. The fourth-order valence-electron chi connectivity index (χ4n) is 7.30. The van der Waals surface area contributed by atoms with Gasteiger partial charge in [0, 0.05) is 19.3 Å². The number of unbranched alkanes of at least 4 members (excludes halogenated alkanes) is 24. The molecule has 0 rings (SSSR count). The number of ether oxygens (including phenoxy) is 2. The third-order valence-electron chi connectivity index (χ3n) is 10.8. The minimum Gasteiger partial charge on any atom is -0.466 e. The Morgan fingerprint density at radius 3 is 1.36 bits per heavy atom. The Hall–Kier alpha value is -1.71. The maximum Gasteiger partial charge on any atom is 0.306 e. The lowest BCUT2D eigenvalue weighted by atomic mass is 10.0. The van der Waals surface area contributed by atoms with Gasteiger partial charge >= 0.3 is 11.9 Å². The zero-order valence-electron chi connectivity index (χ0n) is 36.5. The van der Waals surface area contributed by atoms with Crippen molar-refractivity contribution in [3.63, 3.8) is 0 Å². The van der Waals surface area contributed by atoms with Gasteiger partial charge in [-0.2, -0.15) is 0 Å². The third-order valence-corrected chi connectivity index (χ3v) is 10.8. The van der Waals surface area contributed by atoms with Crippen LogP contribution in [-0.2, 0) is 28.8 Å². The zero-order chi connectivity index (χ0) is 40.3. The first-order valence-electron chi connectivity index (χ1n) is 23.6. The highest BCUT2D eigenvalue weighted by molar-refractivity contribution is 5.74. The van der Waals surface area contributed by atoms with Crippen molar-refractivity contribution in [3.05, 3.63) is 0 Å². The fraction of sp³-hybridized carbons (Fsp3) is 0.935. The molecule has 0 heterocycles. The molecule has 0 atom stereocenters. The number of nitrogens with one attached hydrogen (secondary N) is 1. The molecule has 0 unspecified atom stereocenters. The van der Waals surface area contributed by atoms with Gasteiger partial charge in [-0.1, -0.05) is 162 Å². The molecule has 2 N–H and O–H groups in total. The number of rotatable bonds is 44. The van der Waals surface area contributed by atoms with Gasteiger partial charge in [-0.3, -0.25) is 14.4 Å². The van der Waals surface area contributed by atoms with Crippen molar-refractivity contribution in [1.29, 1.82) is 0 Å². The summed E-state index contributed by atoms with van der Waals surface area (Å²) < 4.78 is 11.5. The van der Waals surface area contributed by atoms with Gasteiger partial charge in [-0.05, 0) is 83.8 Å². The second-order valence-corrected chi connectivity index (χ2v) is 16.2. The van der Waals surface area contributed by atoms with Gasteiger partial charge in [0.05, 0.1) is 6.61 Å². The lowest BCUT2D eigenvalue weighted by molar-refractivity contribution is -0.284. The maximum absolute atomic E-state index is 12.8. The predicted molar refractivity (Wildman–Crippen MR) is 228 cm³/mol. The molecule has 55 heavy (non-hydrogen) atoms. The average Bonchev–Trinajstić information content (AvgIpc) is 3.17. The number of esters is 2. The van der Waals surface area contributed by atoms with Crippen LogP contribution in [0.1, 0.15) is 245 Å². The van der Waals surface area contributed by atoms with E-state index in [4.69, 9.17) is 14.7 Å². The second-order valence-electron chi connectivity index (χ2n) is 16.2.